The maximum atomic E-state index is 12.7. The maximum Gasteiger partial charge on any atom is 0.248 e. The average Bonchev–Trinajstić information content (AvgIpc) is 3.34. The Hall–Kier alpha value is -4.11. The number of carbonyl (C=O) groups excluding carboxylic acids is 2. The fourth-order valence-corrected chi connectivity index (χ4v) is 5.06. The van der Waals surface area contributed by atoms with Crippen molar-refractivity contribution in [1.29, 1.82) is 0 Å². The first-order valence-corrected chi connectivity index (χ1v) is 12.5. The number of aromatic nitrogens is 4. The van der Waals surface area contributed by atoms with Gasteiger partial charge < -0.3 is 16.2 Å². The number of hydrogen-bond donors (Lipinski definition) is 3. The first-order valence-electron chi connectivity index (χ1n) is 12.5. The predicted octanol–water partition coefficient (Wildman–Crippen LogP) is 3.77. The minimum absolute atomic E-state index is 0.0139. The summed E-state index contributed by atoms with van der Waals surface area (Å²) >= 11 is 0. The molecule has 5 rings (SSSR count). The smallest absolute Gasteiger partial charge is 0.248 e. The van der Waals surface area contributed by atoms with Crippen LogP contribution in [0.1, 0.15) is 61.5 Å². The quantitative estimate of drug-likeness (QED) is 0.344. The second kappa shape index (κ2) is 10.1. The summed E-state index contributed by atoms with van der Waals surface area (Å²) in [5, 5.41) is 16.8. The van der Waals surface area contributed by atoms with Crippen LogP contribution >= 0.6 is 0 Å². The number of nitrogens with one attached hydrogen (secondary N) is 1. The first-order chi connectivity index (χ1) is 17.8. The van der Waals surface area contributed by atoms with Crippen LogP contribution in [0.15, 0.2) is 54.9 Å². The zero-order valence-corrected chi connectivity index (χ0v) is 20.9. The summed E-state index contributed by atoms with van der Waals surface area (Å²) in [5.74, 6) is -0.228. The molecule has 0 radical (unpaired) electrons. The van der Waals surface area contributed by atoms with Gasteiger partial charge in [-0.1, -0.05) is 36.4 Å². The number of nitrogens with two attached hydrogens (primary N) is 1. The van der Waals surface area contributed by atoms with Crippen molar-refractivity contribution in [3.63, 3.8) is 0 Å². The third kappa shape index (κ3) is 4.82. The molecule has 190 valence electrons. The molecule has 37 heavy (non-hydrogen) atoms. The van der Waals surface area contributed by atoms with E-state index in [4.69, 9.17) is 10.7 Å². The largest absolute Gasteiger partial charge is 0.384 e. The molecule has 1 aliphatic carbocycles. The molecule has 9 heteroatoms. The highest BCUT2D eigenvalue weighted by atomic mass is 16.3. The number of benzene rings is 1. The van der Waals surface area contributed by atoms with Crippen molar-refractivity contribution < 1.29 is 14.7 Å². The number of hydrogen-bond acceptors (Lipinski definition) is 7. The molecule has 0 bridgehead atoms. The van der Waals surface area contributed by atoms with E-state index in [2.05, 4.69) is 15.4 Å². The van der Waals surface area contributed by atoms with Crippen molar-refractivity contribution in [2.45, 2.75) is 57.6 Å². The Balaban J connectivity index is 1.48. The molecule has 0 saturated heterocycles. The van der Waals surface area contributed by atoms with Gasteiger partial charge in [0.1, 0.15) is 11.9 Å². The van der Waals surface area contributed by atoms with Gasteiger partial charge in [-0.15, -0.1) is 0 Å². The topological polar surface area (TPSA) is 136 Å². The zero-order chi connectivity index (χ0) is 26.1. The van der Waals surface area contributed by atoms with Crippen LogP contribution in [0.4, 0.5) is 5.82 Å². The highest BCUT2D eigenvalue weighted by Gasteiger charge is 2.30. The number of carbonyl (C=O) groups is 2. The summed E-state index contributed by atoms with van der Waals surface area (Å²) in [4.78, 5) is 34.1. The van der Waals surface area contributed by atoms with Gasteiger partial charge in [0.2, 0.25) is 5.91 Å². The zero-order valence-electron chi connectivity index (χ0n) is 20.9. The number of rotatable bonds is 6. The maximum absolute atomic E-state index is 12.7. The summed E-state index contributed by atoms with van der Waals surface area (Å²) in [5.41, 5.74) is 11.7. The molecule has 9 nitrogen and oxygen atoms in total. The van der Waals surface area contributed by atoms with Gasteiger partial charge in [-0.05, 0) is 45.6 Å². The summed E-state index contributed by atoms with van der Waals surface area (Å²) in [6.07, 6.45) is 5.39. The monoisotopic (exact) mass is 498 g/mol. The summed E-state index contributed by atoms with van der Waals surface area (Å²) in [6.45, 7) is 2.95. The minimum atomic E-state index is -1.04. The third-order valence-corrected chi connectivity index (χ3v) is 7.05. The van der Waals surface area contributed by atoms with E-state index >= 15 is 0 Å². The third-order valence-electron chi connectivity index (χ3n) is 7.05. The fourth-order valence-electron chi connectivity index (χ4n) is 5.06. The van der Waals surface area contributed by atoms with Gasteiger partial charge in [-0.3, -0.25) is 14.6 Å². The number of fused-ring (bicyclic) bond motifs is 1. The molecule has 0 aliphatic heterocycles. The van der Waals surface area contributed by atoms with Crippen LogP contribution in [0.25, 0.3) is 28.0 Å². The van der Waals surface area contributed by atoms with Crippen LogP contribution in [-0.4, -0.2) is 48.5 Å². The van der Waals surface area contributed by atoms with E-state index < -0.39 is 6.10 Å². The van der Waals surface area contributed by atoms with Crippen molar-refractivity contribution in [2.24, 2.45) is 0 Å². The summed E-state index contributed by atoms with van der Waals surface area (Å²) in [6, 6.07) is 13.9. The molecular formula is C28H30N6O3. The van der Waals surface area contributed by atoms with Gasteiger partial charge in [-0.25, -0.2) is 4.98 Å². The van der Waals surface area contributed by atoms with E-state index in [0.717, 1.165) is 48.1 Å². The number of amides is 1. The average molecular weight is 499 g/mol. The Labute approximate surface area is 214 Å². The number of aliphatic hydroxyl groups is 1. The van der Waals surface area contributed by atoms with Gasteiger partial charge in [0.15, 0.2) is 11.4 Å². The molecule has 1 atom stereocenters. The van der Waals surface area contributed by atoms with E-state index in [1.165, 1.54) is 18.4 Å². The van der Waals surface area contributed by atoms with E-state index in [0.29, 0.717) is 16.9 Å². The van der Waals surface area contributed by atoms with Gasteiger partial charge in [0.05, 0.1) is 23.1 Å². The van der Waals surface area contributed by atoms with Crippen molar-refractivity contribution >= 4 is 23.2 Å². The lowest BCUT2D eigenvalue weighted by Crippen LogP contribution is -2.42. The number of anilines is 1. The summed E-state index contributed by atoms with van der Waals surface area (Å²) < 4.78 is 1.52. The molecule has 1 saturated carbocycles. The molecule has 1 unspecified atom stereocenters. The number of Topliss-reactive ketones (excluding diaryl/α,β-unsaturated/α-hetero) is 1. The molecule has 1 aromatic carbocycles. The Bertz CT molecular complexity index is 1440. The molecule has 4 N–H and O–H groups in total. The lowest BCUT2D eigenvalue weighted by molar-refractivity contribution is -0.129. The lowest BCUT2D eigenvalue weighted by Gasteiger charge is -2.30. The molecule has 4 aromatic rings. The second-order valence-electron chi connectivity index (χ2n) is 9.64. The van der Waals surface area contributed by atoms with E-state index in [9.17, 15) is 14.7 Å². The first kappa shape index (κ1) is 24.6. The molecule has 1 amide bonds. The molecule has 1 aliphatic rings. The van der Waals surface area contributed by atoms with Crippen LogP contribution in [0.3, 0.4) is 0 Å². The van der Waals surface area contributed by atoms with Crippen LogP contribution in [0, 0.1) is 0 Å². The Morgan fingerprint density at radius 3 is 2.41 bits per heavy atom. The Kier molecular flexibility index (Phi) is 6.71. The number of ketones is 1. The standard InChI is InChI=1S/C28H30N6O3/c1-16(35)24-25(19-8-11-21(12-9-19)32-28(37)17(2)36)33-27-22(15-31-34(27)26(24)29)20-10-13-23(30-14-20)18-6-4-3-5-7-18/h3-7,10,13-15,17,19,21,36H,8-9,11-12,29H2,1-2H3,(H,32,37). The lowest BCUT2D eigenvalue weighted by atomic mass is 9.82. The van der Waals surface area contributed by atoms with Crippen molar-refractivity contribution in [3.05, 3.63) is 66.1 Å². The number of nitrogen functional groups attached to an aromatic ring is 1. The SMILES string of the molecule is CC(=O)c1c(C2CCC(NC(=O)C(C)O)CC2)nc2c(-c3ccc(-c4ccccc4)nc3)cnn2c1N. The number of nitrogens with zero attached hydrogens (tertiary/aromatic N) is 4. The minimum Gasteiger partial charge on any atom is -0.384 e. The van der Waals surface area contributed by atoms with Gasteiger partial charge >= 0.3 is 0 Å². The number of pyridine rings is 1. The molecule has 0 spiro atoms. The molecule has 3 heterocycles. The van der Waals surface area contributed by atoms with Crippen molar-refractivity contribution in [2.75, 3.05) is 5.73 Å². The van der Waals surface area contributed by atoms with Gasteiger partial charge in [0.25, 0.3) is 0 Å². The normalized spacial score (nSPS) is 18.5. The van der Waals surface area contributed by atoms with Gasteiger partial charge in [-0.2, -0.15) is 9.61 Å². The highest BCUT2D eigenvalue weighted by molar-refractivity contribution is 6.00. The van der Waals surface area contributed by atoms with Crippen molar-refractivity contribution in [3.8, 4) is 22.4 Å². The number of aliphatic hydroxyl groups excluding tert-OH is 1. The van der Waals surface area contributed by atoms with Crippen molar-refractivity contribution in [1.82, 2.24) is 24.9 Å². The second-order valence-corrected chi connectivity index (χ2v) is 9.64. The van der Waals surface area contributed by atoms with Crippen LogP contribution in [-0.2, 0) is 4.79 Å². The van der Waals surface area contributed by atoms with Gasteiger partial charge in [0, 0.05) is 34.8 Å². The Morgan fingerprint density at radius 1 is 1.05 bits per heavy atom. The summed E-state index contributed by atoms with van der Waals surface area (Å²) in [7, 11) is 0. The van der Waals surface area contributed by atoms with E-state index in [1.54, 1.807) is 12.4 Å². The molecular weight excluding hydrogens is 468 g/mol. The molecule has 1 fully saturated rings. The van der Waals surface area contributed by atoms with Crippen LogP contribution < -0.4 is 11.1 Å². The highest BCUT2D eigenvalue weighted by Crippen LogP contribution is 2.37. The predicted molar refractivity (Wildman–Crippen MR) is 141 cm³/mol. The van der Waals surface area contributed by atoms with E-state index in [1.807, 2.05) is 42.5 Å². The van der Waals surface area contributed by atoms with E-state index in [-0.39, 0.29) is 29.5 Å². The van der Waals surface area contributed by atoms with Crippen LogP contribution in [0.2, 0.25) is 0 Å². The van der Waals surface area contributed by atoms with Crippen LogP contribution in [0.5, 0.6) is 0 Å². The fraction of sp³-hybridized carbons (Fsp3) is 0.321. The Morgan fingerprint density at radius 2 is 1.78 bits per heavy atom. The molecule has 3 aromatic heterocycles.